The number of ether oxygens (including phenoxy) is 1. The standard InChI is InChI=1S/C16H23NO3/c1-4-14(16(18)19)17(2)15-7-5-6-11-8-9-12(20-3)10-13(11)15/h8-10,14-15H,4-7H2,1-3H3,(H,18,19). The molecule has 0 saturated carbocycles. The summed E-state index contributed by atoms with van der Waals surface area (Å²) in [5, 5.41) is 9.36. The second-order valence-electron chi connectivity index (χ2n) is 5.40. The second kappa shape index (κ2) is 6.27. The van der Waals surface area contributed by atoms with Crippen molar-refractivity contribution in [3.05, 3.63) is 29.3 Å². The SMILES string of the molecule is CCC(C(=O)O)N(C)C1CCCc2ccc(OC)cc21. The van der Waals surface area contributed by atoms with Gasteiger partial charge in [-0.05, 0) is 56.0 Å². The third kappa shape index (κ3) is 2.80. The number of rotatable bonds is 5. The Morgan fingerprint density at radius 2 is 2.30 bits per heavy atom. The Morgan fingerprint density at radius 1 is 1.55 bits per heavy atom. The highest BCUT2D eigenvalue weighted by molar-refractivity contribution is 5.73. The van der Waals surface area contributed by atoms with Crippen LogP contribution in [0.4, 0.5) is 0 Å². The number of carbonyl (C=O) groups is 1. The Morgan fingerprint density at radius 3 is 2.90 bits per heavy atom. The normalized spacial score (nSPS) is 19.5. The van der Waals surface area contributed by atoms with Crippen LogP contribution >= 0.6 is 0 Å². The molecular weight excluding hydrogens is 254 g/mol. The summed E-state index contributed by atoms with van der Waals surface area (Å²) in [6, 6.07) is 5.88. The zero-order chi connectivity index (χ0) is 14.7. The van der Waals surface area contributed by atoms with Crippen LogP contribution in [-0.2, 0) is 11.2 Å². The van der Waals surface area contributed by atoms with E-state index in [1.807, 2.05) is 24.9 Å². The number of hydrogen-bond donors (Lipinski definition) is 1. The average Bonchev–Trinajstić information content (AvgIpc) is 2.46. The van der Waals surface area contributed by atoms with Gasteiger partial charge in [0.2, 0.25) is 0 Å². The first-order chi connectivity index (χ1) is 9.58. The number of carboxylic acids is 1. The molecule has 0 bridgehead atoms. The van der Waals surface area contributed by atoms with Crippen molar-refractivity contribution in [1.29, 1.82) is 0 Å². The number of nitrogens with zero attached hydrogens (tertiary/aromatic N) is 1. The molecule has 110 valence electrons. The third-order valence-corrected chi connectivity index (χ3v) is 4.29. The quantitative estimate of drug-likeness (QED) is 0.899. The number of methoxy groups -OCH3 is 1. The Labute approximate surface area is 120 Å². The average molecular weight is 277 g/mol. The van der Waals surface area contributed by atoms with Gasteiger partial charge in [-0.1, -0.05) is 13.0 Å². The molecule has 0 amide bonds. The Hall–Kier alpha value is -1.55. The van der Waals surface area contributed by atoms with Crippen molar-refractivity contribution < 1.29 is 14.6 Å². The number of carboxylic acid groups (broad SMARTS) is 1. The van der Waals surface area contributed by atoms with E-state index in [1.54, 1.807) is 7.11 Å². The van der Waals surface area contributed by atoms with Gasteiger partial charge in [0, 0.05) is 6.04 Å². The smallest absolute Gasteiger partial charge is 0.320 e. The second-order valence-corrected chi connectivity index (χ2v) is 5.40. The molecule has 0 aliphatic heterocycles. The summed E-state index contributed by atoms with van der Waals surface area (Å²) >= 11 is 0. The van der Waals surface area contributed by atoms with Crippen LogP contribution in [0.2, 0.25) is 0 Å². The molecular formula is C16H23NO3. The molecule has 0 aromatic heterocycles. The fourth-order valence-corrected chi connectivity index (χ4v) is 3.16. The van der Waals surface area contributed by atoms with Crippen LogP contribution in [0.5, 0.6) is 5.75 Å². The lowest BCUT2D eigenvalue weighted by atomic mass is 9.86. The highest BCUT2D eigenvalue weighted by atomic mass is 16.5. The first-order valence-electron chi connectivity index (χ1n) is 7.20. The van der Waals surface area contributed by atoms with Crippen LogP contribution in [0.3, 0.4) is 0 Å². The summed E-state index contributed by atoms with van der Waals surface area (Å²) < 4.78 is 5.31. The number of hydrogen-bond acceptors (Lipinski definition) is 3. The van der Waals surface area contributed by atoms with E-state index in [1.165, 1.54) is 11.1 Å². The minimum atomic E-state index is -0.745. The number of benzene rings is 1. The molecule has 1 aliphatic rings. The molecule has 4 heteroatoms. The monoisotopic (exact) mass is 277 g/mol. The maximum atomic E-state index is 11.4. The van der Waals surface area contributed by atoms with Gasteiger partial charge in [0.1, 0.15) is 11.8 Å². The van der Waals surface area contributed by atoms with Gasteiger partial charge < -0.3 is 9.84 Å². The minimum Gasteiger partial charge on any atom is -0.497 e. The molecule has 1 aromatic rings. The van der Waals surface area contributed by atoms with Crippen LogP contribution in [0.1, 0.15) is 43.4 Å². The van der Waals surface area contributed by atoms with Crippen molar-refractivity contribution >= 4 is 5.97 Å². The number of aliphatic carboxylic acids is 1. The highest BCUT2D eigenvalue weighted by Crippen LogP contribution is 2.36. The molecule has 4 nitrogen and oxygen atoms in total. The van der Waals surface area contributed by atoms with E-state index in [9.17, 15) is 9.90 Å². The Balaban J connectivity index is 2.33. The van der Waals surface area contributed by atoms with Crippen LogP contribution in [0, 0.1) is 0 Å². The van der Waals surface area contributed by atoms with Crippen LogP contribution in [-0.4, -0.2) is 36.2 Å². The van der Waals surface area contributed by atoms with Gasteiger partial charge in [-0.25, -0.2) is 0 Å². The molecule has 1 aromatic carbocycles. The Bertz CT molecular complexity index is 487. The third-order valence-electron chi connectivity index (χ3n) is 4.29. The van der Waals surface area contributed by atoms with Crippen LogP contribution in [0.15, 0.2) is 18.2 Å². The number of likely N-dealkylation sites (N-methyl/N-ethyl adjacent to an activating group) is 1. The lowest BCUT2D eigenvalue weighted by Gasteiger charge is -2.36. The van der Waals surface area contributed by atoms with E-state index in [0.717, 1.165) is 25.0 Å². The molecule has 2 rings (SSSR count). The minimum absolute atomic E-state index is 0.162. The van der Waals surface area contributed by atoms with Crippen LogP contribution in [0.25, 0.3) is 0 Å². The molecule has 0 radical (unpaired) electrons. The van der Waals surface area contributed by atoms with Crippen molar-refractivity contribution in [3.8, 4) is 5.75 Å². The van der Waals surface area contributed by atoms with Crippen molar-refractivity contribution in [2.24, 2.45) is 0 Å². The van der Waals surface area contributed by atoms with E-state index in [0.29, 0.717) is 6.42 Å². The lowest BCUT2D eigenvalue weighted by Crippen LogP contribution is -2.41. The van der Waals surface area contributed by atoms with Gasteiger partial charge in [-0.2, -0.15) is 0 Å². The molecule has 2 unspecified atom stereocenters. The van der Waals surface area contributed by atoms with Gasteiger partial charge in [-0.15, -0.1) is 0 Å². The lowest BCUT2D eigenvalue weighted by molar-refractivity contribution is -0.144. The predicted molar refractivity (Wildman–Crippen MR) is 78.2 cm³/mol. The van der Waals surface area contributed by atoms with Crippen molar-refractivity contribution in [2.45, 2.75) is 44.7 Å². The van der Waals surface area contributed by atoms with Crippen LogP contribution < -0.4 is 4.74 Å². The fourth-order valence-electron chi connectivity index (χ4n) is 3.16. The topological polar surface area (TPSA) is 49.8 Å². The maximum Gasteiger partial charge on any atom is 0.320 e. The van der Waals surface area contributed by atoms with E-state index in [-0.39, 0.29) is 6.04 Å². The van der Waals surface area contributed by atoms with Gasteiger partial charge in [0.05, 0.1) is 7.11 Å². The zero-order valence-corrected chi connectivity index (χ0v) is 12.4. The van der Waals surface area contributed by atoms with Gasteiger partial charge in [0.25, 0.3) is 0 Å². The number of fused-ring (bicyclic) bond motifs is 1. The first kappa shape index (κ1) is 14.9. The summed E-state index contributed by atoms with van der Waals surface area (Å²) in [6.45, 7) is 1.92. The van der Waals surface area contributed by atoms with E-state index < -0.39 is 12.0 Å². The molecule has 2 atom stereocenters. The molecule has 1 aliphatic carbocycles. The Kier molecular flexibility index (Phi) is 4.65. The maximum absolute atomic E-state index is 11.4. The van der Waals surface area contributed by atoms with Crippen molar-refractivity contribution in [1.82, 2.24) is 4.90 Å². The highest BCUT2D eigenvalue weighted by Gasteiger charge is 2.31. The summed E-state index contributed by atoms with van der Waals surface area (Å²) in [4.78, 5) is 13.4. The van der Waals surface area contributed by atoms with Gasteiger partial charge >= 0.3 is 5.97 Å². The van der Waals surface area contributed by atoms with Crippen molar-refractivity contribution in [2.75, 3.05) is 14.2 Å². The largest absolute Gasteiger partial charge is 0.497 e. The van der Waals surface area contributed by atoms with Crippen molar-refractivity contribution in [3.63, 3.8) is 0 Å². The summed E-state index contributed by atoms with van der Waals surface area (Å²) in [6.07, 6.45) is 3.78. The molecule has 0 heterocycles. The van der Waals surface area contributed by atoms with E-state index in [2.05, 4.69) is 12.1 Å². The molecule has 0 fully saturated rings. The predicted octanol–water partition coefficient (Wildman–Crippen LogP) is 2.87. The summed E-state index contributed by atoms with van der Waals surface area (Å²) in [7, 11) is 3.58. The summed E-state index contributed by atoms with van der Waals surface area (Å²) in [5.74, 6) is 0.0949. The molecule has 1 N–H and O–H groups in total. The molecule has 0 saturated heterocycles. The fraction of sp³-hybridized carbons (Fsp3) is 0.562. The first-order valence-corrected chi connectivity index (χ1v) is 7.20. The number of aryl methyl sites for hydroxylation is 1. The van der Waals surface area contributed by atoms with E-state index in [4.69, 9.17) is 4.74 Å². The zero-order valence-electron chi connectivity index (χ0n) is 12.4. The van der Waals surface area contributed by atoms with Gasteiger partial charge in [-0.3, -0.25) is 9.69 Å². The van der Waals surface area contributed by atoms with E-state index >= 15 is 0 Å². The summed E-state index contributed by atoms with van der Waals surface area (Å²) in [5.41, 5.74) is 2.53. The van der Waals surface area contributed by atoms with Gasteiger partial charge in [0.15, 0.2) is 0 Å². The molecule has 20 heavy (non-hydrogen) atoms. The molecule has 0 spiro atoms.